The van der Waals surface area contributed by atoms with Crippen molar-refractivity contribution < 1.29 is 4.79 Å². The number of nitrogens with two attached hydrogens (primary N) is 1. The Hall–Kier alpha value is -1.35. The monoisotopic (exact) mass is 260 g/mol. The third-order valence-electron chi connectivity index (χ3n) is 4.04. The van der Waals surface area contributed by atoms with Crippen LogP contribution < -0.4 is 11.1 Å². The lowest BCUT2D eigenvalue weighted by Gasteiger charge is -2.24. The SMILES string of the molecule is Cc1ccccc1C(NC1CCCCCC1)C(N)=O. The molecule has 2 rings (SSSR count). The fraction of sp³-hybridized carbons (Fsp3) is 0.562. The van der Waals surface area contributed by atoms with Crippen LogP contribution >= 0.6 is 0 Å². The number of benzene rings is 1. The van der Waals surface area contributed by atoms with Gasteiger partial charge < -0.3 is 5.73 Å². The van der Waals surface area contributed by atoms with Crippen molar-refractivity contribution in [2.45, 2.75) is 57.5 Å². The normalized spacial score (nSPS) is 18.8. The molecule has 3 nitrogen and oxygen atoms in total. The topological polar surface area (TPSA) is 55.1 Å². The number of rotatable bonds is 4. The van der Waals surface area contributed by atoms with Crippen LogP contribution in [0.5, 0.6) is 0 Å². The lowest BCUT2D eigenvalue weighted by molar-refractivity contribution is -0.120. The summed E-state index contributed by atoms with van der Waals surface area (Å²) >= 11 is 0. The summed E-state index contributed by atoms with van der Waals surface area (Å²) in [4.78, 5) is 11.8. The third kappa shape index (κ3) is 3.80. The fourth-order valence-electron chi connectivity index (χ4n) is 2.92. The van der Waals surface area contributed by atoms with E-state index in [2.05, 4.69) is 5.32 Å². The minimum Gasteiger partial charge on any atom is -0.368 e. The molecule has 0 aliphatic heterocycles. The van der Waals surface area contributed by atoms with Crippen molar-refractivity contribution in [1.29, 1.82) is 0 Å². The molecule has 0 saturated heterocycles. The Bertz CT molecular complexity index is 423. The van der Waals surface area contributed by atoms with Crippen molar-refractivity contribution in [3.8, 4) is 0 Å². The molecule has 1 fully saturated rings. The van der Waals surface area contributed by atoms with E-state index >= 15 is 0 Å². The van der Waals surface area contributed by atoms with Crippen LogP contribution in [0, 0.1) is 6.92 Å². The van der Waals surface area contributed by atoms with Crippen LogP contribution in [0.1, 0.15) is 55.7 Å². The highest BCUT2D eigenvalue weighted by atomic mass is 16.1. The Morgan fingerprint density at radius 1 is 1.21 bits per heavy atom. The molecule has 1 atom stereocenters. The Morgan fingerprint density at radius 2 is 1.84 bits per heavy atom. The van der Waals surface area contributed by atoms with Crippen molar-refractivity contribution in [2.24, 2.45) is 5.73 Å². The molecule has 1 saturated carbocycles. The molecule has 1 aliphatic carbocycles. The van der Waals surface area contributed by atoms with Crippen LogP contribution in [0.3, 0.4) is 0 Å². The minimum atomic E-state index is -0.357. The summed E-state index contributed by atoms with van der Waals surface area (Å²) in [5.74, 6) is -0.279. The van der Waals surface area contributed by atoms with E-state index in [0.29, 0.717) is 6.04 Å². The number of primary amides is 1. The summed E-state index contributed by atoms with van der Waals surface area (Å²) in [6.45, 7) is 2.03. The lowest BCUT2D eigenvalue weighted by Crippen LogP contribution is -2.40. The summed E-state index contributed by atoms with van der Waals surface area (Å²) in [5.41, 5.74) is 7.72. The molecule has 1 aromatic rings. The average Bonchev–Trinajstić information content (AvgIpc) is 2.65. The van der Waals surface area contributed by atoms with Crippen LogP contribution in [-0.2, 0) is 4.79 Å². The van der Waals surface area contributed by atoms with Gasteiger partial charge in [-0.2, -0.15) is 0 Å². The van der Waals surface area contributed by atoms with E-state index in [0.717, 1.165) is 24.0 Å². The molecule has 0 bridgehead atoms. The van der Waals surface area contributed by atoms with E-state index in [1.807, 2.05) is 31.2 Å². The Labute approximate surface area is 115 Å². The average molecular weight is 260 g/mol. The number of carbonyl (C=O) groups is 1. The number of carbonyl (C=O) groups excluding carboxylic acids is 1. The minimum absolute atomic E-state index is 0.279. The van der Waals surface area contributed by atoms with Crippen LogP contribution in [0.25, 0.3) is 0 Å². The van der Waals surface area contributed by atoms with Gasteiger partial charge in [0.2, 0.25) is 5.91 Å². The van der Waals surface area contributed by atoms with Crippen molar-refractivity contribution >= 4 is 5.91 Å². The molecule has 3 heteroatoms. The van der Waals surface area contributed by atoms with Crippen LogP contribution in [0.4, 0.5) is 0 Å². The zero-order valence-electron chi connectivity index (χ0n) is 11.7. The van der Waals surface area contributed by atoms with Crippen molar-refractivity contribution in [3.05, 3.63) is 35.4 Å². The van der Waals surface area contributed by atoms with Gasteiger partial charge in [0.1, 0.15) is 6.04 Å². The summed E-state index contributed by atoms with van der Waals surface area (Å²) < 4.78 is 0. The molecule has 0 spiro atoms. The van der Waals surface area contributed by atoms with E-state index in [1.165, 1.54) is 25.7 Å². The van der Waals surface area contributed by atoms with Gasteiger partial charge in [-0.15, -0.1) is 0 Å². The van der Waals surface area contributed by atoms with Gasteiger partial charge in [0.25, 0.3) is 0 Å². The van der Waals surface area contributed by atoms with Crippen LogP contribution in [-0.4, -0.2) is 11.9 Å². The first-order valence-electron chi connectivity index (χ1n) is 7.29. The van der Waals surface area contributed by atoms with E-state index in [-0.39, 0.29) is 11.9 Å². The molecule has 19 heavy (non-hydrogen) atoms. The maximum atomic E-state index is 11.8. The number of hydrogen-bond acceptors (Lipinski definition) is 2. The highest BCUT2D eigenvalue weighted by Gasteiger charge is 2.23. The molecule has 0 aromatic heterocycles. The van der Waals surface area contributed by atoms with E-state index in [9.17, 15) is 4.79 Å². The van der Waals surface area contributed by atoms with Gasteiger partial charge in [0.05, 0.1) is 0 Å². The Morgan fingerprint density at radius 3 is 2.42 bits per heavy atom. The van der Waals surface area contributed by atoms with Gasteiger partial charge in [-0.1, -0.05) is 49.9 Å². The second-order valence-corrected chi connectivity index (χ2v) is 5.55. The number of hydrogen-bond donors (Lipinski definition) is 2. The maximum absolute atomic E-state index is 11.8. The molecular weight excluding hydrogens is 236 g/mol. The van der Waals surface area contributed by atoms with Gasteiger partial charge in [-0.3, -0.25) is 10.1 Å². The number of amides is 1. The zero-order valence-corrected chi connectivity index (χ0v) is 11.7. The molecule has 104 valence electrons. The second-order valence-electron chi connectivity index (χ2n) is 5.55. The molecule has 0 heterocycles. The first-order chi connectivity index (χ1) is 9.18. The Balaban J connectivity index is 2.12. The van der Waals surface area contributed by atoms with Gasteiger partial charge in [0, 0.05) is 6.04 Å². The van der Waals surface area contributed by atoms with Gasteiger partial charge in [-0.05, 0) is 30.9 Å². The standard InChI is InChI=1S/C16H24N2O/c1-12-8-6-7-11-14(12)15(16(17)19)18-13-9-4-2-3-5-10-13/h6-8,11,13,15,18H,2-5,9-10H2,1H3,(H2,17,19). The first-order valence-corrected chi connectivity index (χ1v) is 7.29. The number of nitrogens with one attached hydrogen (secondary N) is 1. The van der Waals surface area contributed by atoms with E-state index in [4.69, 9.17) is 5.73 Å². The summed E-state index contributed by atoms with van der Waals surface area (Å²) in [6.07, 6.45) is 7.41. The second kappa shape index (κ2) is 6.71. The molecule has 3 N–H and O–H groups in total. The van der Waals surface area contributed by atoms with E-state index < -0.39 is 0 Å². The molecule has 0 radical (unpaired) electrons. The van der Waals surface area contributed by atoms with Gasteiger partial charge >= 0.3 is 0 Å². The lowest BCUT2D eigenvalue weighted by atomic mass is 9.98. The Kier molecular flexibility index (Phi) is 4.97. The molecule has 1 aliphatic rings. The molecule has 1 amide bonds. The molecule has 1 aromatic carbocycles. The third-order valence-corrected chi connectivity index (χ3v) is 4.04. The summed E-state index contributed by atoms with van der Waals surface area (Å²) in [5, 5.41) is 3.48. The van der Waals surface area contributed by atoms with Gasteiger partial charge in [-0.25, -0.2) is 0 Å². The van der Waals surface area contributed by atoms with Crippen LogP contribution in [0.15, 0.2) is 24.3 Å². The summed E-state index contributed by atoms with van der Waals surface area (Å²) in [6, 6.07) is 8.04. The van der Waals surface area contributed by atoms with Crippen LogP contribution in [0.2, 0.25) is 0 Å². The summed E-state index contributed by atoms with van der Waals surface area (Å²) in [7, 11) is 0. The molecular formula is C16H24N2O. The van der Waals surface area contributed by atoms with Gasteiger partial charge in [0.15, 0.2) is 0 Å². The predicted octanol–water partition coefficient (Wildman–Crippen LogP) is 2.83. The fourth-order valence-corrected chi connectivity index (χ4v) is 2.92. The van der Waals surface area contributed by atoms with E-state index in [1.54, 1.807) is 0 Å². The number of aryl methyl sites for hydroxylation is 1. The first kappa shape index (κ1) is 14.1. The van der Waals surface area contributed by atoms with Crippen molar-refractivity contribution in [3.63, 3.8) is 0 Å². The highest BCUT2D eigenvalue weighted by Crippen LogP contribution is 2.22. The highest BCUT2D eigenvalue weighted by molar-refractivity contribution is 5.81. The zero-order chi connectivity index (χ0) is 13.7. The quantitative estimate of drug-likeness (QED) is 0.818. The van der Waals surface area contributed by atoms with Crippen molar-refractivity contribution in [2.75, 3.05) is 0 Å². The largest absolute Gasteiger partial charge is 0.368 e. The smallest absolute Gasteiger partial charge is 0.239 e. The maximum Gasteiger partial charge on any atom is 0.239 e. The molecule has 1 unspecified atom stereocenters. The van der Waals surface area contributed by atoms with Crippen molar-refractivity contribution in [1.82, 2.24) is 5.32 Å². The predicted molar refractivity (Wildman–Crippen MR) is 77.7 cm³/mol.